The lowest BCUT2D eigenvalue weighted by Crippen LogP contribution is -2.27. The molecular weight excluding hydrogens is 256 g/mol. The molecule has 0 aliphatic carbocycles. The van der Waals surface area contributed by atoms with Gasteiger partial charge < -0.3 is 5.11 Å². The Kier molecular flexibility index (Phi) is 5.16. The topological polar surface area (TPSA) is 20.2 Å². The second kappa shape index (κ2) is 7.08. The Morgan fingerprint density at radius 2 is 1.43 bits per heavy atom. The van der Waals surface area contributed by atoms with Gasteiger partial charge in [-0.1, -0.05) is 60.7 Å². The first-order valence-electron chi connectivity index (χ1n) is 7.35. The Hall–Kier alpha value is -2.08. The Morgan fingerprint density at radius 1 is 0.952 bits per heavy atom. The monoisotopic (exact) mass is 278 g/mol. The van der Waals surface area contributed by atoms with Gasteiger partial charge in [-0.25, -0.2) is 0 Å². The number of hydrogen-bond donors (Lipinski definition) is 1. The molecule has 108 valence electrons. The zero-order valence-electron chi connectivity index (χ0n) is 12.7. The maximum absolute atomic E-state index is 11.3. The van der Waals surface area contributed by atoms with E-state index >= 15 is 0 Å². The van der Waals surface area contributed by atoms with Gasteiger partial charge in [-0.3, -0.25) is 0 Å². The van der Waals surface area contributed by atoms with Crippen LogP contribution in [0, 0.1) is 0 Å². The Labute approximate surface area is 127 Å². The van der Waals surface area contributed by atoms with Gasteiger partial charge in [0.15, 0.2) is 0 Å². The van der Waals surface area contributed by atoms with Gasteiger partial charge in [0.05, 0.1) is 0 Å². The number of allylic oxidation sites excluding steroid dienone is 1. The highest BCUT2D eigenvalue weighted by Gasteiger charge is 2.30. The van der Waals surface area contributed by atoms with Crippen molar-refractivity contribution in [1.82, 2.24) is 0 Å². The first kappa shape index (κ1) is 15.3. The SMILES string of the molecule is CC(C)=C=CCCC(O)(c1ccccc1)c1ccccc1. The second-order valence-electron chi connectivity index (χ2n) is 5.48. The van der Waals surface area contributed by atoms with E-state index in [0.717, 1.165) is 23.1 Å². The second-order valence-corrected chi connectivity index (χ2v) is 5.48. The van der Waals surface area contributed by atoms with Gasteiger partial charge in [0.2, 0.25) is 0 Å². The Morgan fingerprint density at radius 3 is 1.86 bits per heavy atom. The summed E-state index contributed by atoms with van der Waals surface area (Å²) < 4.78 is 0. The first-order chi connectivity index (χ1) is 10.1. The molecule has 2 rings (SSSR count). The summed E-state index contributed by atoms with van der Waals surface area (Å²) in [5.41, 5.74) is 5.26. The summed E-state index contributed by atoms with van der Waals surface area (Å²) in [6.07, 6.45) is 3.43. The molecule has 21 heavy (non-hydrogen) atoms. The largest absolute Gasteiger partial charge is 0.380 e. The van der Waals surface area contributed by atoms with Gasteiger partial charge in [-0.15, -0.1) is 5.73 Å². The molecular formula is C20H22O. The van der Waals surface area contributed by atoms with Gasteiger partial charge in [0.25, 0.3) is 0 Å². The zero-order chi connectivity index (χ0) is 15.1. The molecule has 0 heterocycles. The van der Waals surface area contributed by atoms with E-state index in [9.17, 15) is 5.11 Å². The summed E-state index contributed by atoms with van der Waals surface area (Å²) in [5.74, 6) is 0. The van der Waals surface area contributed by atoms with Crippen LogP contribution in [-0.2, 0) is 5.60 Å². The van der Waals surface area contributed by atoms with Crippen LogP contribution < -0.4 is 0 Å². The van der Waals surface area contributed by atoms with Gasteiger partial charge in [0.1, 0.15) is 5.60 Å². The lowest BCUT2D eigenvalue weighted by Gasteiger charge is -2.29. The fourth-order valence-corrected chi connectivity index (χ4v) is 2.44. The van der Waals surface area contributed by atoms with Crippen LogP contribution in [0.15, 0.2) is 78.0 Å². The number of hydrogen-bond acceptors (Lipinski definition) is 1. The highest BCUT2D eigenvalue weighted by atomic mass is 16.3. The molecule has 0 amide bonds. The third-order valence-corrected chi connectivity index (χ3v) is 3.54. The lowest BCUT2D eigenvalue weighted by atomic mass is 9.82. The lowest BCUT2D eigenvalue weighted by molar-refractivity contribution is 0.0721. The molecule has 1 nitrogen and oxygen atoms in total. The van der Waals surface area contributed by atoms with Crippen LogP contribution in [0.4, 0.5) is 0 Å². The van der Waals surface area contributed by atoms with Crippen molar-refractivity contribution in [2.45, 2.75) is 32.3 Å². The summed E-state index contributed by atoms with van der Waals surface area (Å²) in [6.45, 7) is 4.05. The van der Waals surface area contributed by atoms with Crippen molar-refractivity contribution in [1.29, 1.82) is 0 Å². The zero-order valence-corrected chi connectivity index (χ0v) is 12.7. The van der Waals surface area contributed by atoms with E-state index in [1.54, 1.807) is 0 Å². The minimum absolute atomic E-state index is 0.640. The van der Waals surface area contributed by atoms with Crippen LogP contribution in [0.1, 0.15) is 37.8 Å². The fraction of sp³-hybridized carbons (Fsp3) is 0.250. The molecule has 0 aliphatic rings. The van der Waals surface area contributed by atoms with E-state index in [2.05, 4.69) is 5.73 Å². The smallest absolute Gasteiger partial charge is 0.115 e. The number of aliphatic hydroxyl groups is 1. The standard InChI is InChI=1S/C20H22O/c1-17(2)11-9-10-16-20(21,18-12-5-3-6-13-18)19-14-7-4-8-15-19/h3-9,12-15,21H,10,16H2,1-2H3. The molecule has 1 N–H and O–H groups in total. The number of rotatable bonds is 5. The van der Waals surface area contributed by atoms with E-state index in [1.165, 1.54) is 0 Å². The minimum Gasteiger partial charge on any atom is -0.380 e. The average molecular weight is 278 g/mol. The highest BCUT2D eigenvalue weighted by molar-refractivity contribution is 5.35. The highest BCUT2D eigenvalue weighted by Crippen LogP contribution is 2.34. The van der Waals surface area contributed by atoms with Crippen LogP contribution >= 0.6 is 0 Å². The van der Waals surface area contributed by atoms with Crippen molar-refractivity contribution in [2.75, 3.05) is 0 Å². The van der Waals surface area contributed by atoms with Gasteiger partial charge >= 0.3 is 0 Å². The van der Waals surface area contributed by atoms with Crippen molar-refractivity contribution in [3.63, 3.8) is 0 Å². The Balaban J connectivity index is 2.34. The van der Waals surface area contributed by atoms with Crippen molar-refractivity contribution in [2.24, 2.45) is 0 Å². The molecule has 0 fully saturated rings. The predicted octanol–water partition coefficient (Wildman–Crippen LogP) is 4.82. The predicted molar refractivity (Wildman–Crippen MR) is 88.1 cm³/mol. The van der Waals surface area contributed by atoms with Crippen molar-refractivity contribution in [3.05, 3.63) is 89.2 Å². The van der Waals surface area contributed by atoms with Crippen LogP contribution in [-0.4, -0.2) is 5.11 Å². The molecule has 1 heteroatoms. The molecule has 0 aliphatic heterocycles. The van der Waals surface area contributed by atoms with E-state index in [4.69, 9.17) is 0 Å². The van der Waals surface area contributed by atoms with Crippen LogP contribution in [0.25, 0.3) is 0 Å². The van der Waals surface area contributed by atoms with E-state index in [-0.39, 0.29) is 0 Å². The van der Waals surface area contributed by atoms with Crippen LogP contribution in [0.2, 0.25) is 0 Å². The third-order valence-electron chi connectivity index (χ3n) is 3.54. The molecule has 0 bridgehead atoms. The normalized spacial score (nSPS) is 10.8. The molecule has 0 spiro atoms. The summed E-state index contributed by atoms with van der Waals surface area (Å²) in [5, 5.41) is 11.3. The molecule has 0 aromatic heterocycles. The fourth-order valence-electron chi connectivity index (χ4n) is 2.44. The van der Waals surface area contributed by atoms with E-state index < -0.39 is 5.60 Å². The molecule has 0 atom stereocenters. The summed E-state index contributed by atoms with van der Waals surface area (Å²) in [4.78, 5) is 0. The van der Waals surface area contributed by atoms with Crippen molar-refractivity contribution >= 4 is 0 Å². The quantitative estimate of drug-likeness (QED) is 0.777. The molecule has 0 unspecified atom stereocenters. The van der Waals surface area contributed by atoms with Crippen LogP contribution in [0.3, 0.4) is 0 Å². The average Bonchev–Trinajstić information content (AvgIpc) is 2.53. The van der Waals surface area contributed by atoms with E-state index in [1.807, 2.05) is 80.6 Å². The van der Waals surface area contributed by atoms with Crippen molar-refractivity contribution in [3.8, 4) is 0 Å². The molecule has 2 aromatic rings. The summed E-state index contributed by atoms with van der Waals surface area (Å²) >= 11 is 0. The number of benzene rings is 2. The Bertz CT molecular complexity index is 576. The molecule has 2 aromatic carbocycles. The summed E-state index contributed by atoms with van der Waals surface area (Å²) in [6, 6.07) is 19.7. The van der Waals surface area contributed by atoms with Crippen LogP contribution in [0.5, 0.6) is 0 Å². The third kappa shape index (κ3) is 3.95. The van der Waals surface area contributed by atoms with E-state index in [0.29, 0.717) is 6.42 Å². The first-order valence-corrected chi connectivity index (χ1v) is 7.35. The maximum Gasteiger partial charge on any atom is 0.115 e. The maximum atomic E-state index is 11.3. The van der Waals surface area contributed by atoms with Gasteiger partial charge in [0, 0.05) is 0 Å². The molecule has 0 radical (unpaired) electrons. The van der Waals surface area contributed by atoms with Gasteiger partial charge in [-0.2, -0.15) is 0 Å². The molecule has 0 saturated heterocycles. The van der Waals surface area contributed by atoms with Gasteiger partial charge in [-0.05, 0) is 49.5 Å². The summed E-state index contributed by atoms with van der Waals surface area (Å²) in [7, 11) is 0. The van der Waals surface area contributed by atoms with Crippen molar-refractivity contribution < 1.29 is 5.11 Å². The molecule has 0 saturated carbocycles. The minimum atomic E-state index is -0.956.